The number of rotatable bonds is 6. The van der Waals surface area contributed by atoms with Gasteiger partial charge in [-0.1, -0.05) is 13.0 Å². The molecule has 1 fully saturated rings. The highest BCUT2D eigenvalue weighted by atomic mass is 16.6. The third kappa shape index (κ3) is 5.25. The number of ether oxygens (including phenoxy) is 2. The molecule has 1 aromatic rings. The first-order valence-corrected chi connectivity index (χ1v) is 8.47. The maximum Gasteiger partial charge on any atom is 0.410 e. The average molecular weight is 332 g/mol. The quantitative estimate of drug-likeness (QED) is 0.743. The Bertz CT molecular complexity index is 580. The van der Waals surface area contributed by atoms with Gasteiger partial charge in [0.05, 0.1) is 12.2 Å². The number of amides is 1. The van der Waals surface area contributed by atoms with E-state index in [0.29, 0.717) is 12.5 Å². The number of aromatic nitrogens is 1. The molecule has 0 radical (unpaired) electrons. The van der Waals surface area contributed by atoms with Gasteiger partial charge in [0.1, 0.15) is 18.0 Å². The lowest BCUT2D eigenvalue weighted by Gasteiger charge is -2.40. The minimum absolute atomic E-state index is 0.0654. The predicted octanol–water partition coefficient (Wildman–Crippen LogP) is 3.83. The van der Waals surface area contributed by atoms with Crippen LogP contribution in [0.2, 0.25) is 0 Å². The zero-order chi connectivity index (χ0) is 17.7. The van der Waals surface area contributed by atoms with E-state index in [4.69, 9.17) is 9.47 Å². The molecule has 1 amide bonds. The summed E-state index contributed by atoms with van der Waals surface area (Å²) >= 11 is 0. The van der Waals surface area contributed by atoms with E-state index in [-0.39, 0.29) is 12.1 Å². The van der Waals surface area contributed by atoms with Crippen molar-refractivity contribution in [3.63, 3.8) is 0 Å². The molecule has 1 aromatic heterocycles. The van der Waals surface area contributed by atoms with Gasteiger partial charge in [-0.25, -0.2) is 4.79 Å². The van der Waals surface area contributed by atoms with Crippen LogP contribution in [0, 0.1) is 5.92 Å². The molecule has 0 spiro atoms. The number of allylic oxidation sites excluding steroid dienone is 1. The lowest BCUT2D eigenvalue weighted by molar-refractivity contribution is -0.0141. The zero-order valence-electron chi connectivity index (χ0n) is 15.1. The minimum atomic E-state index is -0.474. The minimum Gasteiger partial charge on any atom is -0.490 e. The number of likely N-dealkylation sites (tertiary alicyclic amines) is 1. The van der Waals surface area contributed by atoms with E-state index in [2.05, 4.69) is 18.5 Å². The predicted molar refractivity (Wildman–Crippen MR) is 94.1 cm³/mol. The monoisotopic (exact) mass is 332 g/mol. The van der Waals surface area contributed by atoms with Crippen molar-refractivity contribution in [3.05, 3.63) is 36.7 Å². The van der Waals surface area contributed by atoms with Crippen molar-refractivity contribution in [2.45, 2.75) is 52.2 Å². The maximum atomic E-state index is 12.1. The van der Waals surface area contributed by atoms with Gasteiger partial charge >= 0.3 is 6.09 Å². The van der Waals surface area contributed by atoms with Crippen molar-refractivity contribution in [2.24, 2.45) is 5.92 Å². The SMILES string of the molecule is C=C[C@@H](C)Cc1cncc(OC[C@@H]2CCN2C(=O)OC(C)(C)C)c1. The van der Waals surface area contributed by atoms with E-state index >= 15 is 0 Å². The molecule has 0 aliphatic carbocycles. The molecule has 0 saturated carbocycles. The highest BCUT2D eigenvalue weighted by Crippen LogP contribution is 2.23. The van der Waals surface area contributed by atoms with Gasteiger partial charge in [-0.05, 0) is 51.2 Å². The van der Waals surface area contributed by atoms with Gasteiger partial charge in [0.25, 0.3) is 0 Å². The van der Waals surface area contributed by atoms with Crippen LogP contribution in [0.3, 0.4) is 0 Å². The summed E-state index contributed by atoms with van der Waals surface area (Å²) in [5.41, 5.74) is 0.649. The molecule has 2 atom stereocenters. The Morgan fingerprint density at radius 1 is 1.50 bits per heavy atom. The van der Waals surface area contributed by atoms with Gasteiger partial charge in [-0.15, -0.1) is 6.58 Å². The summed E-state index contributed by atoms with van der Waals surface area (Å²) in [5.74, 6) is 1.14. The molecular weight excluding hydrogens is 304 g/mol. The summed E-state index contributed by atoms with van der Waals surface area (Å²) in [6.07, 6.45) is 7.04. The first kappa shape index (κ1) is 18.3. The van der Waals surface area contributed by atoms with E-state index in [1.54, 1.807) is 11.1 Å². The van der Waals surface area contributed by atoms with Crippen LogP contribution in [0.25, 0.3) is 0 Å². The molecule has 5 nitrogen and oxygen atoms in total. The van der Waals surface area contributed by atoms with Gasteiger partial charge in [0.15, 0.2) is 0 Å². The molecule has 1 aliphatic heterocycles. The van der Waals surface area contributed by atoms with Gasteiger partial charge < -0.3 is 14.4 Å². The van der Waals surface area contributed by atoms with Crippen molar-refractivity contribution >= 4 is 6.09 Å². The fourth-order valence-electron chi connectivity index (χ4n) is 2.48. The van der Waals surface area contributed by atoms with Gasteiger partial charge in [0, 0.05) is 12.7 Å². The summed E-state index contributed by atoms with van der Waals surface area (Å²) in [7, 11) is 0. The number of nitrogens with zero attached hydrogens (tertiary/aromatic N) is 2. The van der Waals surface area contributed by atoms with E-state index in [1.165, 1.54) is 0 Å². The highest BCUT2D eigenvalue weighted by molar-refractivity contribution is 5.69. The van der Waals surface area contributed by atoms with Crippen molar-refractivity contribution in [2.75, 3.05) is 13.2 Å². The van der Waals surface area contributed by atoms with Gasteiger partial charge in [-0.3, -0.25) is 4.98 Å². The lowest BCUT2D eigenvalue weighted by Crippen LogP contribution is -2.55. The Balaban J connectivity index is 1.86. The first-order valence-electron chi connectivity index (χ1n) is 8.47. The molecule has 24 heavy (non-hydrogen) atoms. The molecule has 2 rings (SSSR count). The molecular formula is C19H28N2O3. The number of hydrogen-bond acceptors (Lipinski definition) is 4. The zero-order valence-corrected chi connectivity index (χ0v) is 15.1. The van der Waals surface area contributed by atoms with Gasteiger partial charge in [0.2, 0.25) is 0 Å². The Labute approximate surface area is 144 Å². The molecule has 132 valence electrons. The molecule has 0 bridgehead atoms. The van der Waals surface area contributed by atoms with Crippen molar-refractivity contribution in [3.8, 4) is 5.75 Å². The second-order valence-corrected chi connectivity index (χ2v) is 7.37. The van der Waals surface area contributed by atoms with Crippen LogP contribution in [0.5, 0.6) is 5.75 Å². The van der Waals surface area contributed by atoms with E-state index in [0.717, 1.165) is 30.7 Å². The first-order chi connectivity index (χ1) is 11.3. The molecule has 0 N–H and O–H groups in total. The van der Waals surface area contributed by atoms with Crippen molar-refractivity contribution < 1.29 is 14.3 Å². The molecule has 0 aromatic carbocycles. The van der Waals surface area contributed by atoms with Crippen LogP contribution < -0.4 is 4.74 Å². The van der Waals surface area contributed by atoms with Crippen LogP contribution in [0.4, 0.5) is 4.79 Å². The van der Waals surface area contributed by atoms with Crippen LogP contribution in [-0.4, -0.2) is 40.8 Å². The second kappa shape index (κ2) is 7.69. The highest BCUT2D eigenvalue weighted by Gasteiger charge is 2.35. The number of carbonyl (C=O) groups excluding carboxylic acids is 1. The van der Waals surface area contributed by atoms with Crippen LogP contribution >= 0.6 is 0 Å². The topological polar surface area (TPSA) is 51.7 Å². The van der Waals surface area contributed by atoms with Crippen LogP contribution in [-0.2, 0) is 11.2 Å². The van der Waals surface area contributed by atoms with E-state index in [9.17, 15) is 4.79 Å². The molecule has 5 heteroatoms. The van der Waals surface area contributed by atoms with Crippen LogP contribution in [0.15, 0.2) is 31.1 Å². The molecule has 0 unspecified atom stereocenters. The summed E-state index contributed by atoms with van der Waals surface area (Å²) in [6, 6.07) is 2.07. The molecule has 1 saturated heterocycles. The number of hydrogen-bond donors (Lipinski definition) is 0. The normalized spacial score (nSPS) is 18.5. The fourth-order valence-corrected chi connectivity index (χ4v) is 2.48. The largest absolute Gasteiger partial charge is 0.490 e. The number of carbonyl (C=O) groups is 1. The lowest BCUT2D eigenvalue weighted by atomic mass is 10.0. The maximum absolute atomic E-state index is 12.1. The smallest absolute Gasteiger partial charge is 0.410 e. The van der Waals surface area contributed by atoms with Crippen molar-refractivity contribution in [1.82, 2.24) is 9.88 Å². The summed E-state index contributed by atoms with van der Waals surface area (Å²) < 4.78 is 11.2. The van der Waals surface area contributed by atoms with E-state index < -0.39 is 5.60 Å². The molecule has 2 heterocycles. The number of pyridine rings is 1. The fraction of sp³-hybridized carbons (Fsp3) is 0.579. The summed E-state index contributed by atoms with van der Waals surface area (Å²) in [5, 5.41) is 0. The van der Waals surface area contributed by atoms with Gasteiger partial charge in [-0.2, -0.15) is 0 Å². The summed E-state index contributed by atoms with van der Waals surface area (Å²) in [6.45, 7) is 12.7. The molecule has 1 aliphatic rings. The Hall–Kier alpha value is -2.04. The second-order valence-electron chi connectivity index (χ2n) is 7.37. The van der Waals surface area contributed by atoms with Crippen LogP contribution in [0.1, 0.15) is 39.7 Å². The third-order valence-corrected chi connectivity index (χ3v) is 3.94. The van der Waals surface area contributed by atoms with E-state index in [1.807, 2.05) is 39.1 Å². The Morgan fingerprint density at radius 2 is 2.25 bits per heavy atom. The standard InChI is InChI=1S/C19H28N2O3/c1-6-14(2)9-15-10-17(12-20-11-15)23-13-16-7-8-21(16)18(22)24-19(3,4)5/h6,10-12,14,16H,1,7-9,13H2,2-5H3/t14-,16+/m1/s1. The summed E-state index contributed by atoms with van der Waals surface area (Å²) in [4.78, 5) is 18.1. The van der Waals surface area contributed by atoms with Crippen molar-refractivity contribution in [1.29, 1.82) is 0 Å². The Morgan fingerprint density at radius 3 is 2.83 bits per heavy atom. The third-order valence-electron chi connectivity index (χ3n) is 3.94. The Kier molecular flexibility index (Phi) is 5.86. The average Bonchev–Trinajstić information content (AvgIpc) is 2.44.